The molecule has 0 radical (unpaired) electrons. The minimum absolute atomic E-state index is 0.263. The van der Waals surface area contributed by atoms with E-state index in [9.17, 15) is 4.79 Å². The van der Waals surface area contributed by atoms with Gasteiger partial charge in [-0.25, -0.2) is 0 Å². The summed E-state index contributed by atoms with van der Waals surface area (Å²) in [6, 6.07) is 0.360. The largest absolute Gasteiger partial charge is 0.342 e. The quantitative estimate of drug-likeness (QED) is 0.659. The molecule has 1 unspecified atom stereocenters. The van der Waals surface area contributed by atoms with Gasteiger partial charge in [0.1, 0.15) is 0 Å². The average molecular weight is 189 g/mol. The SMILES string of the molecule is CCCC(=O)N(C)C(C)CSC. The Labute approximate surface area is 79.7 Å². The highest BCUT2D eigenvalue weighted by molar-refractivity contribution is 7.98. The lowest BCUT2D eigenvalue weighted by molar-refractivity contribution is -0.131. The number of rotatable bonds is 5. The highest BCUT2D eigenvalue weighted by Crippen LogP contribution is 2.05. The van der Waals surface area contributed by atoms with Gasteiger partial charge in [-0.3, -0.25) is 4.79 Å². The van der Waals surface area contributed by atoms with Crippen molar-refractivity contribution in [3.8, 4) is 0 Å². The summed E-state index contributed by atoms with van der Waals surface area (Å²) < 4.78 is 0. The summed E-state index contributed by atoms with van der Waals surface area (Å²) in [6.45, 7) is 4.12. The maximum atomic E-state index is 11.4. The van der Waals surface area contributed by atoms with Gasteiger partial charge in [0.25, 0.3) is 0 Å². The smallest absolute Gasteiger partial charge is 0.222 e. The fraction of sp³-hybridized carbons (Fsp3) is 0.889. The molecule has 72 valence electrons. The van der Waals surface area contributed by atoms with Crippen molar-refractivity contribution in [3.63, 3.8) is 0 Å². The van der Waals surface area contributed by atoms with Gasteiger partial charge in [-0.2, -0.15) is 11.8 Å². The van der Waals surface area contributed by atoms with E-state index < -0.39 is 0 Å². The van der Waals surface area contributed by atoms with E-state index in [0.29, 0.717) is 12.5 Å². The first kappa shape index (κ1) is 11.8. The van der Waals surface area contributed by atoms with Gasteiger partial charge in [0.2, 0.25) is 5.91 Å². The first-order valence-electron chi connectivity index (χ1n) is 4.38. The molecule has 0 aliphatic carbocycles. The van der Waals surface area contributed by atoms with E-state index in [-0.39, 0.29) is 5.91 Å². The lowest BCUT2D eigenvalue weighted by Gasteiger charge is -2.24. The van der Waals surface area contributed by atoms with Crippen LogP contribution in [0.25, 0.3) is 0 Å². The molecule has 0 aromatic heterocycles. The number of nitrogens with zero attached hydrogens (tertiary/aromatic N) is 1. The molecule has 12 heavy (non-hydrogen) atoms. The Balaban J connectivity index is 3.82. The third kappa shape index (κ3) is 4.00. The van der Waals surface area contributed by atoms with E-state index in [2.05, 4.69) is 13.2 Å². The number of carbonyl (C=O) groups excluding carboxylic acids is 1. The van der Waals surface area contributed by atoms with Gasteiger partial charge >= 0.3 is 0 Å². The topological polar surface area (TPSA) is 20.3 Å². The molecule has 0 fully saturated rings. The van der Waals surface area contributed by atoms with Crippen molar-refractivity contribution < 1.29 is 4.79 Å². The molecule has 0 aliphatic heterocycles. The first-order chi connectivity index (χ1) is 5.63. The predicted molar refractivity (Wildman–Crippen MR) is 55.5 cm³/mol. The Morgan fingerprint density at radius 1 is 1.58 bits per heavy atom. The highest BCUT2D eigenvalue weighted by atomic mass is 32.2. The molecule has 0 bridgehead atoms. The molecule has 2 nitrogen and oxygen atoms in total. The zero-order valence-electron chi connectivity index (χ0n) is 8.46. The number of hydrogen-bond donors (Lipinski definition) is 0. The van der Waals surface area contributed by atoms with Crippen LogP contribution in [0, 0.1) is 0 Å². The maximum Gasteiger partial charge on any atom is 0.222 e. The zero-order valence-corrected chi connectivity index (χ0v) is 9.28. The van der Waals surface area contributed by atoms with Crippen LogP contribution in [0.5, 0.6) is 0 Å². The van der Waals surface area contributed by atoms with Crippen LogP contribution in [0.3, 0.4) is 0 Å². The summed E-state index contributed by atoms with van der Waals surface area (Å²) in [4.78, 5) is 13.2. The van der Waals surface area contributed by atoms with E-state index in [1.165, 1.54) is 0 Å². The summed E-state index contributed by atoms with van der Waals surface area (Å²) in [5.41, 5.74) is 0. The van der Waals surface area contributed by atoms with Crippen LogP contribution in [-0.4, -0.2) is 35.9 Å². The van der Waals surface area contributed by atoms with Crippen LogP contribution in [0.2, 0.25) is 0 Å². The second-order valence-corrected chi connectivity index (χ2v) is 3.97. The van der Waals surface area contributed by atoms with Crippen LogP contribution in [-0.2, 0) is 4.79 Å². The molecular weight excluding hydrogens is 170 g/mol. The Morgan fingerprint density at radius 2 is 2.17 bits per heavy atom. The first-order valence-corrected chi connectivity index (χ1v) is 5.77. The number of carbonyl (C=O) groups is 1. The molecule has 0 aromatic rings. The van der Waals surface area contributed by atoms with Gasteiger partial charge in [-0.1, -0.05) is 6.92 Å². The minimum Gasteiger partial charge on any atom is -0.342 e. The Hall–Kier alpha value is -0.180. The molecule has 0 spiro atoms. The van der Waals surface area contributed by atoms with Crippen molar-refractivity contribution in [3.05, 3.63) is 0 Å². The monoisotopic (exact) mass is 189 g/mol. The number of thioether (sulfide) groups is 1. The number of hydrogen-bond acceptors (Lipinski definition) is 2. The summed E-state index contributed by atoms with van der Waals surface area (Å²) in [6.07, 6.45) is 3.68. The van der Waals surface area contributed by atoms with Crippen molar-refractivity contribution in [1.82, 2.24) is 4.90 Å². The Morgan fingerprint density at radius 3 is 2.58 bits per heavy atom. The highest BCUT2D eigenvalue weighted by Gasteiger charge is 2.13. The van der Waals surface area contributed by atoms with E-state index in [4.69, 9.17) is 0 Å². The molecule has 0 aliphatic rings. The molecule has 0 N–H and O–H groups in total. The molecule has 1 amide bonds. The van der Waals surface area contributed by atoms with Gasteiger partial charge in [0.15, 0.2) is 0 Å². The van der Waals surface area contributed by atoms with Gasteiger partial charge < -0.3 is 4.90 Å². The normalized spacial score (nSPS) is 12.7. The molecule has 0 saturated heterocycles. The van der Waals surface area contributed by atoms with Crippen molar-refractivity contribution in [2.24, 2.45) is 0 Å². The van der Waals surface area contributed by atoms with Gasteiger partial charge in [0.05, 0.1) is 0 Å². The molecule has 0 rings (SSSR count). The second-order valence-electron chi connectivity index (χ2n) is 3.06. The van der Waals surface area contributed by atoms with Gasteiger partial charge in [-0.05, 0) is 19.6 Å². The standard InChI is InChI=1S/C9H19NOS/c1-5-6-9(11)10(3)8(2)7-12-4/h8H,5-7H2,1-4H3. The Kier molecular flexibility index (Phi) is 6.25. The summed E-state index contributed by atoms with van der Waals surface area (Å²) in [5.74, 6) is 1.28. The van der Waals surface area contributed by atoms with Gasteiger partial charge in [0, 0.05) is 25.3 Å². The average Bonchev–Trinajstić information content (AvgIpc) is 2.04. The second kappa shape index (κ2) is 6.35. The molecule has 1 atom stereocenters. The molecule has 0 saturated carbocycles. The van der Waals surface area contributed by atoms with Crippen LogP contribution < -0.4 is 0 Å². The van der Waals surface area contributed by atoms with Crippen LogP contribution >= 0.6 is 11.8 Å². The zero-order chi connectivity index (χ0) is 9.56. The van der Waals surface area contributed by atoms with Crippen molar-refractivity contribution in [2.45, 2.75) is 32.7 Å². The van der Waals surface area contributed by atoms with E-state index in [1.807, 2.05) is 18.9 Å². The van der Waals surface area contributed by atoms with Crippen LogP contribution in [0.1, 0.15) is 26.7 Å². The van der Waals surface area contributed by atoms with Crippen LogP contribution in [0.4, 0.5) is 0 Å². The van der Waals surface area contributed by atoms with Crippen molar-refractivity contribution in [2.75, 3.05) is 19.1 Å². The predicted octanol–water partition coefficient (Wildman–Crippen LogP) is 2.00. The Bertz CT molecular complexity index is 138. The third-order valence-electron chi connectivity index (χ3n) is 1.93. The van der Waals surface area contributed by atoms with Crippen molar-refractivity contribution in [1.29, 1.82) is 0 Å². The van der Waals surface area contributed by atoms with Gasteiger partial charge in [-0.15, -0.1) is 0 Å². The fourth-order valence-electron chi connectivity index (χ4n) is 0.989. The lowest BCUT2D eigenvalue weighted by Crippen LogP contribution is -2.36. The minimum atomic E-state index is 0.263. The summed E-state index contributed by atoms with van der Waals surface area (Å²) >= 11 is 1.78. The summed E-state index contributed by atoms with van der Waals surface area (Å²) in [7, 11) is 1.89. The third-order valence-corrected chi connectivity index (χ3v) is 2.74. The van der Waals surface area contributed by atoms with Crippen molar-refractivity contribution >= 4 is 17.7 Å². The number of amides is 1. The lowest BCUT2D eigenvalue weighted by atomic mass is 10.2. The molecular formula is C9H19NOS. The molecule has 0 aromatic carbocycles. The fourth-order valence-corrected chi connectivity index (χ4v) is 1.70. The van der Waals surface area contributed by atoms with Crippen LogP contribution in [0.15, 0.2) is 0 Å². The van der Waals surface area contributed by atoms with E-state index >= 15 is 0 Å². The molecule has 3 heteroatoms. The molecule has 0 heterocycles. The van der Waals surface area contributed by atoms with E-state index in [1.54, 1.807) is 11.8 Å². The summed E-state index contributed by atoms with van der Waals surface area (Å²) in [5, 5.41) is 0. The maximum absolute atomic E-state index is 11.4. The van der Waals surface area contributed by atoms with E-state index in [0.717, 1.165) is 12.2 Å².